The molecule has 1 aliphatic rings. The van der Waals surface area contributed by atoms with Gasteiger partial charge in [-0.15, -0.1) is 0 Å². The van der Waals surface area contributed by atoms with Crippen LogP contribution in [0.15, 0.2) is 21.3 Å². The molecule has 1 aromatic heterocycles. The summed E-state index contributed by atoms with van der Waals surface area (Å²) >= 11 is 0. The molecular weight excluding hydrogens is 178 g/mol. The van der Waals surface area contributed by atoms with Crippen LogP contribution in [0.4, 0.5) is 0 Å². The minimum absolute atomic E-state index is 0.243. The average Bonchev–Trinajstić information content (AvgIpc) is 2.44. The van der Waals surface area contributed by atoms with Gasteiger partial charge in [-0.1, -0.05) is 0 Å². The standard InChI is InChI=1S/C11H11NO2/c1-2-12-9-5-7-3-4-8(7)6-10(9)14-11(12)13/h5-6H,2-4H2,1H3. The summed E-state index contributed by atoms with van der Waals surface area (Å²) in [6, 6.07) is 4.09. The van der Waals surface area contributed by atoms with Crippen molar-refractivity contribution in [2.24, 2.45) is 0 Å². The van der Waals surface area contributed by atoms with Crippen LogP contribution in [0.2, 0.25) is 0 Å². The summed E-state index contributed by atoms with van der Waals surface area (Å²) in [4.78, 5) is 11.4. The third-order valence-corrected chi connectivity index (χ3v) is 2.97. The second kappa shape index (κ2) is 2.50. The average molecular weight is 189 g/mol. The second-order valence-corrected chi connectivity index (χ2v) is 3.70. The Labute approximate surface area is 81.0 Å². The zero-order valence-corrected chi connectivity index (χ0v) is 8.04. The fourth-order valence-corrected chi connectivity index (χ4v) is 2.05. The van der Waals surface area contributed by atoms with Crippen molar-refractivity contribution < 1.29 is 4.42 Å². The smallest absolute Gasteiger partial charge is 0.408 e. The second-order valence-electron chi connectivity index (χ2n) is 3.70. The van der Waals surface area contributed by atoms with E-state index >= 15 is 0 Å². The van der Waals surface area contributed by atoms with E-state index in [9.17, 15) is 4.79 Å². The molecule has 0 atom stereocenters. The van der Waals surface area contributed by atoms with E-state index in [1.807, 2.05) is 13.0 Å². The molecule has 0 N–H and O–H groups in total. The van der Waals surface area contributed by atoms with Gasteiger partial charge in [-0.2, -0.15) is 0 Å². The maximum atomic E-state index is 11.4. The van der Waals surface area contributed by atoms with Crippen molar-refractivity contribution in [3.05, 3.63) is 33.8 Å². The van der Waals surface area contributed by atoms with Crippen LogP contribution in [0.1, 0.15) is 18.1 Å². The summed E-state index contributed by atoms with van der Waals surface area (Å²) in [6.07, 6.45) is 2.25. The summed E-state index contributed by atoms with van der Waals surface area (Å²) < 4.78 is 6.84. The number of aryl methyl sites for hydroxylation is 3. The molecule has 0 aliphatic heterocycles. The fraction of sp³-hybridized carbons (Fsp3) is 0.364. The SMILES string of the molecule is CCn1c(=O)oc2cc3c(cc21)CC3. The van der Waals surface area contributed by atoms with E-state index in [4.69, 9.17) is 4.42 Å². The third-order valence-electron chi connectivity index (χ3n) is 2.97. The van der Waals surface area contributed by atoms with Crippen LogP contribution in [-0.2, 0) is 19.4 Å². The number of benzene rings is 1. The monoisotopic (exact) mass is 189 g/mol. The molecule has 1 aromatic carbocycles. The molecule has 2 aromatic rings. The predicted molar refractivity (Wildman–Crippen MR) is 53.6 cm³/mol. The summed E-state index contributed by atoms with van der Waals surface area (Å²) in [5.74, 6) is -0.243. The van der Waals surface area contributed by atoms with Gasteiger partial charge < -0.3 is 4.42 Å². The number of hydrogen-bond donors (Lipinski definition) is 0. The number of nitrogens with zero attached hydrogens (tertiary/aromatic N) is 1. The van der Waals surface area contributed by atoms with Gasteiger partial charge in [-0.3, -0.25) is 4.57 Å². The van der Waals surface area contributed by atoms with Gasteiger partial charge in [0.25, 0.3) is 0 Å². The number of fused-ring (bicyclic) bond motifs is 2. The van der Waals surface area contributed by atoms with Gasteiger partial charge in [0, 0.05) is 6.54 Å². The van der Waals surface area contributed by atoms with E-state index in [1.165, 1.54) is 11.1 Å². The van der Waals surface area contributed by atoms with Gasteiger partial charge in [0.05, 0.1) is 5.52 Å². The van der Waals surface area contributed by atoms with Gasteiger partial charge in [-0.05, 0) is 43.0 Å². The minimum atomic E-state index is -0.243. The molecule has 72 valence electrons. The highest BCUT2D eigenvalue weighted by atomic mass is 16.4. The van der Waals surface area contributed by atoms with E-state index < -0.39 is 0 Å². The molecule has 0 spiro atoms. The topological polar surface area (TPSA) is 35.1 Å². The molecule has 3 rings (SSSR count). The lowest BCUT2D eigenvalue weighted by Crippen LogP contribution is -2.13. The molecule has 3 nitrogen and oxygen atoms in total. The lowest BCUT2D eigenvalue weighted by atomic mass is 9.88. The lowest BCUT2D eigenvalue weighted by molar-refractivity contribution is 0.513. The predicted octanol–water partition coefficient (Wildman–Crippen LogP) is 1.71. The molecule has 0 radical (unpaired) electrons. The van der Waals surface area contributed by atoms with Gasteiger partial charge in [0.15, 0.2) is 5.58 Å². The molecule has 0 bridgehead atoms. The molecule has 0 fully saturated rings. The van der Waals surface area contributed by atoms with Gasteiger partial charge in [0.1, 0.15) is 0 Å². The first kappa shape index (κ1) is 7.85. The Kier molecular flexibility index (Phi) is 1.40. The van der Waals surface area contributed by atoms with Gasteiger partial charge in [0.2, 0.25) is 0 Å². The largest absolute Gasteiger partial charge is 0.419 e. The van der Waals surface area contributed by atoms with Crippen LogP contribution in [-0.4, -0.2) is 4.57 Å². The van der Waals surface area contributed by atoms with Crippen LogP contribution < -0.4 is 5.76 Å². The first-order chi connectivity index (χ1) is 6.79. The van der Waals surface area contributed by atoms with Crippen molar-refractivity contribution in [3.8, 4) is 0 Å². The van der Waals surface area contributed by atoms with E-state index in [0.717, 1.165) is 23.9 Å². The summed E-state index contributed by atoms with van der Waals surface area (Å²) in [5, 5.41) is 0. The first-order valence-corrected chi connectivity index (χ1v) is 4.94. The van der Waals surface area contributed by atoms with E-state index in [0.29, 0.717) is 6.54 Å². The highest BCUT2D eigenvalue weighted by molar-refractivity contribution is 5.76. The Bertz CT molecular complexity index is 562. The quantitative estimate of drug-likeness (QED) is 0.684. The number of hydrogen-bond acceptors (Lipinski definition) is 2. The maximum Gasteiger partial charge on any atom is 0.419 e. The minimum Gasteiger partial charge on any atom is -0.408 e. The number of aromatic nitrogens is 1. The summed E-state index contributed by atoms with van der Waals surface area (Å²) in [7, 11) is 0. The van der Waals surface area contributed by atoms with E-state index in [2.05, 4.69) is 6.07 Å². The molecule has 1 aliphatic carbocycles. The van der Waals surface area contributed by atoms with Crippen molar-refractivity contribution in [1.29, 1.82) is 0 Å². The van der Waals surface area contributed by atoms with E-state index in [-0.39, 0.29) is 5.76 Å². The Balaban J connectivity index is 2.43. The van der Waals surface area contributed by atoms with Crippen molar-refractivity contribution in [1.82, 2.24) is 4.57 Å². The van der Waals surface area contributed by atoms with Crippen LogP contribution >= 0.6 is 0 Å². The van der Waals surface area contributed by atoms with Crippen LogP contribution in [0.5, 0.6) is 0 Å². The van der Waals surface area contributed by atoms with Gasteiger partial charge >= 0.3 is 5.76 Å². The highest BCUT2D eigenvalue weighted by Gasteiger charge is 2.17. The van der Waals surface area contributed by atoms with Crippen molar-refractivity contribution in [2.75, 3.05) is 0 Å². The number of oxazole rings is 1. The Morgan fingerprint density at radius 2 is 2.07 bits per heavy atom. The number of rotatable bonds is 1. The summed E-state index contributed by atoms with van der Waals surface area (Å²) in [5.41, 5.74) is 4.36. The zero-order chi connectivity index (χ0) is 9.71. The molecule has 0 saturated carbocycles. The van der Waals surface area contributed by atoms with E-state index in [1.54, 1.807) is 4.57 Å². The Hall–Kier alpha value is -1.51. The molecule has 0 saturated heterocycles. The van der Waals surface area contributed by atoms with Gasteiger partial charge in [-0.25, -0.2) is 4.79 Å². The molecular formula is C11H11NO2. The first-order valence-electron chi connectivity index (χ1n) is 4.94. The van der Waals surface area contributed by atoms with Crippen LogP contribution in [0, 0.1) is 0 Å². The lowest BCUT2D eigenvalue weighted by Gasteiger charge is -2.17. The molecule has 0 amide bonds. The zero-order valence-electron chi connectivity index (χ0n) is 8.04. The Morgan fingerprint density at radius 1 is 1.36 bits per heavy atom. The van der Waals surface area contributed by atoms with Crippen LogP contribution in [0.25, 0.3) is 11.1 Å². The van der Waals surface area contributed by atoms with Crippen molar-refractivity contribution in [2.45, 2.75) is 26.3 Å². The molecule has 14 heavy (non-hydrogen) atoms. The summed E-state index contributed by atoms with van der Waals surface area (Å²) in [6.45, 7) is 2.63. The van der Waals surface area contributed by atoms with Crippen molar-refractivity contribution in [3.63, 3.8) is 0 Å². The third kappa shape index (κ3) is 0.842. The normalized spacial score (nSPS) is 14.1. The maximum absolute atomic E-state index is 11.4. The fourth-order valence-electron chi connectivity index (χ4n) is 2.05. The molecule has 1 heterocycles. The molecule has 0 unspecified atom stereocenters. The highest BCUT2D eigenvalue weighted by Crippen LogP contribution is 2.27. The Morgan fingerprint density at radius 3 is 2.71 bits per heavy atom. The van der Waals surface area contributed by atoms with Crippen LogP contribution in [0.3, 0.4) is 0 Å². The van der Waals surface area contributed by atoms with Crippen molar-refractivity contribution >= 4 is 11.1 Å². The molecule has 3 heteroatoms.